The van der Waals surface area contributed by atoms with Crippen LogP contribution in [0.25, 0.3) is 0 Å². The normalized spacial score (nSPS) is 36.4. The summed E-state index contributed by atoms with van der Waals surface area (Å²) in [6.07, 6.45) is 21.1. The number of rotatable bonds is 8. The average Bonchev–Trinajstić information content (AvgIpc) is 2.53. The van der Waals surface area contributed by atoms with Crippen molar-refractivity contribution in [1.29, 1.82) is 0 Å². The van der Waals surface area contributed by atoms with E-state index in [9.17, 15) is 0 Å². The van der Waals surface area contributed by atoms with Gasteiger partial charge in [0.15, 0.2) is 0 Å². The van der Waals surface area contributed by atoms with Gasteiger partial charge in [-0.1, -0.05) is 85.0 Å². The molecule has 2 aliphatic carbocycles. The summed E-state index contributed by atoms with van der Waals surface area (Å²) in [4.78, 5) is 0. The van der Waals surface area contributed by atoms with E-state index in [2.05, 4.69) is 20.8 Å². The second-order valence-electron chi connectivity index (χ2n) is 8.74. The van der Waals surface area contributed by atoms with E-state index >= 15 is 0 Å². The van der Waals surface area contributed by atoms with Gasteiger partial charge in [-0.2, -0.15) is 0 Å². The maximum atomic E-state index is 2.57. The van der Waals surface area contributed by atoms with Crippen molar-refractivity contribution in [2.75, 3.05) is 0 Å². The molecule has 2 saturated carbocycles. The number of unbranched alkanes of at least 4 members (excludes halogenated alkanes) is 3. The molecule has 0 nitrogen and oxygen atoms in total. The van der Waals surface area contributed by atoms with Gasteiger partial charge in [-0.15, -0.1) is 0 Å². The van der Waals surface area contributed by atoms with E-state index in [4.69, 9.17) is 0 Å². The van der Waals surface area contributed by atoms with E-state index in [1.54, 1.807) is 38.5 Å². The average molecular weight is 307 g/mol. The molecule has 0 radical (unpaired) electrons. The Morgan fingerprint density at radius 1 is 0.682 bits per heavy atom. The van der Waals surface area contributed by atoms with E-state index in [1.807, 2.05) is 0 Å². The van der Waals surface area contributed by atoms with Gasteiger partial charge >= 0.3 is 0 Å². The van der Waals surface area contributed by atoms with Crippen LogP contribution in [0.5, 0.6) is 0 Å². The molecule has 0 aromatic heterocycles. The van der Waals surface area contributed by atoms with Crippen molar-refractivity contribution >= 4 is 0 Å². The zero-order chi connectivity index (χ0) is 15.8. The Morgan fingerprint density at radius 3 is 2.05 bits per heavy atom. The number of hydrogen-bond acceptors (Lipinski definition) is 0. The van der Waals surface area contributed by atoms with E-state index in [0.29, 0.717) is 0 Å². The van der Waals surface area contributed by atoms with Gasteiger partial charge in [0.2, 0.25) is 0 Å². The fourth-order valence-electron chi connectivity index (χ4n) is 5.67. The predicted octanol–water partition coefficient (Wildman–Crippen LogP) is 7.62. The molecular weight excluding hydrogens is 264 g/mol. The molecule has 130 valence electrons. The van der Waals surface area contributed by atoms with Gasteiger partial charge < -0.3 is 0 Å². The minimum Gasteiger partial charge on any atom is -0.0654 e. The van der Waals surface area contributed by atoms with Crippen LogP contribution in [-0.2, 0) is 0 Å². The minimum atomic E-state index is 1.01. The molecule has 0 amide bonds. The van der Waals surface area contributed by atoms with Gasteiger partial charge in [-0.05, 0) is 55.3 Å². The summed E-state index contributed by atoms with van der Waals surface area (Å²) in [7, 11) is 0. The van der Waals surface area contributed by atoms with E-state index in [0.717, 1.165) is 29.6 Å². The van der Waals surface area contributed by atoms with Crippen molar-refractivity contribution in [3.8, 4) is 0 Å². The highest BCUT2D eigenvalue weighted by Gasteiger charge is 2.34. The van der Waals surface area contributed by atoms with Crippen molar-refractivity contribution in [2.24, 2.45) is 29.6 Å². The largest absolute Gasteiger partial charge is 0.0654 e. The number of hydrogen-bond donors (Lipinski definition) is 0. The second-order valence-corrected chi connectivity index (χ2v) is 8.74. The lowest BCUT2D eigenvalue weighted by Gasteiger charge is -2.41. The highest BCUT2D eigenvalue weighted by Crippen LogP contribution is 2.45. The standard InChI is InChI=1S/C22H42/c1-4-6-7-8-10-19-11-14-21(15-12-19)22-16-13-20(9-5-2)17-18(22)3/h18-22H,4-17H2,1-3H3/t18?,19-,20?,21-,22?. The summed E-state index contributed by atoms with van der Waals surface area (Å²) in [6.45, 7) is 7.25. The van der Waals surface area contributed by atoms with Crippen molar-refractivity contribution < 1.29 is 0 Å². The van der Waals surface area contributed by atoms with Crippen molar-refractivity contribution in [1.82, 2.24) is 0 Å². The first-order chi connectivity index (χ1) is 10.7. The summed E-state index contributed by atoms with van der Waals surface area (Å²) >= 11 is 0. The molecular formula is C22H42. The van der Waals surface area contributed by atoms with Crippen LogP contribution in [0.4, 0.5) is 0 Å². The van der Waals surface area contributed by atoms with E-state index in [-0.39, 0.29) is 0 Å². The first kappa shape index (κ1) is 18.3. The third-order valence-corrected chi connectivity index (χ3v) is 7.00. The molecule has 0 aliphatic heterocycles. The molecule has 2 rings (SSSR count). The second kappa shape index (κ2) is 9.99. The Morgan fingerprint density at radius 2 is 1.41 bits per heavy atom. The summed E-state index contributed by atoms with van der Waals surface area (Å²) < 4.78 is 0. The summed E-state index contributed by atoms with van der Waals surface area (Å²) in [5.41, 5.74) is 0. The Labute approximate surface area is 140 Å². The molecule has 22 heavy (non-hydrogen) atoms. The van der Waals surface area contributed by atoms with Crippen LogP contribution >= 0.6 is 0 Å². The lowest BCUT2D eigenvalue weighted by molar-refractivity contribution is 0.0924. The molecule has 0 heteroatoms. The van der Waals surface area contributed by atoms with Crippen molar-refractivity contribution in [3.05, 3.63) is 0 Å². The molecule has 0 aromatic rings. The zero-order valence-corrected chi connectivity index (χ0v) is 15.8. The maximum absolute atomic E-state index is 2.57. The van der Waals surface area contributed by atoms with Crippen LogP contribution in [-0.4, -0.2) is 0 Å². The smallest absolute Gasteiger partial charge is 0.0360 e. The zero-order valence-electron chi connectivity index (χ0n) is 15.8. The molecule has 3 atom stereocenters. The molecule has 2 fully saturated rings. The third kappa shape index (κ3) is 5.57. The predicted molar refractivity (Wildman–Crippen MR) is 99.1 cm³/mol. The molecule has 0 N–H and O–H groups in total. The molecule has 0 spiro atoms. The molecule has 0 saturated heterocycles. The Bertz CT molecular complexity index is 274. The van der Waals surface area contributed by atoms with Crippen molar-refractivity contribution in [2.45, 2.75) is 111 Å². The molecule has 0 bridgehead atoms. The lowest BCUT2D eigenvalue weighted by atomic mass is 9.64. The lowest BCUT2D eigenvalue weighted by Crippen LogP contribution is -2.31. The summed E-state index contributed by atoms with van der Waals surface area (Å²) in [5.74, 6) is 5.32. The van der Waals surface area contributed by atoms with Gasteiger partial charge in [0.05, 0.1) is 0 Å². The van der Waals surface area contributed by atoms with Gasteiger partial charge in [0.1, 0.15) is 0 Å². The topological polar surface area (TPSA) is 0 Å². The molecule has 0 aromatic carbocycles. The fourth-order valence-corrected chi connectivity index (χ4v) is 5.67. The first-order valence-corrected chi connectivity index (χ1v) is 10.7. The first-order valence-electron chi connectivity index (χ1n) is 10.7. The SMILES string of the molecule is CCCCCC[C@H]1CC[C@H](C2CCC(CCC)CC2C)CC1. The quantitative estimate of drug-likeness (QED) is 0.405. The summed E-state index contributed by atoms with van der Waals surface area (Å²) in [6, 6.07) is 0. The van der Waals surface area contributed by atoms with E-state index < -0.39 is 0 Å². The van der Waals surface area contributed by atoms with Crippen LogP contribution in [0, 0.1) is 29.6 Å². The fraction of sp³-hybridized carbons (Fsp3) is 1.00. The van der Waals surface area contributed by atoms with Crippen LogP contribution in [0.3, 0.4) is 0 Å². The van der Waals surface area contributed by atoms with E-state index in [1.165, 1.54) is 51.4 Å². The maximum Gasteiger partial charge on any atom is -0.0360 e. The molecule has 2 aliphatic rings. The Kier molecular flexibility index (Phi) is 8.33. The third-order valence-electron chi connectivity index (χ3n) is 7.00. The van der Waals surface area contributed by atoms with Gasteiger partial charge in [0, 0.05) is 0 Å². The minimum absolute atomic E-state index is 1.01. The molecule has 0 heterocycles. The molecule has 3 unspecified atom stereocenters. The Hall–Kier alpha value is 0. The highest BCUT2D eigenvalue weighted by atomic mass is 14.4. The monoisotopic (exact) mass is 306 g/mol. The van der Waals surface area contributed by atoms with Crippen LogP contribution in [0.15, 0.2) is 0 Å². The van der Waals surface area contributed by atoms with Crippen LogP contribution < -0.4 is 0 Å². The van der Waals surface area contributed by atoms with Gasteiger partial charge in [-0.25, -0.2) is 0 Å². The van der Waals surface area contributed by atoms with Gasteiger partial charge in [0.25, 0.3) is 0 Å². The van der Waals surface area contributed by atoms with Crippen LogP contribution in [0.1, 0.15) is 111 Å². The Balaban J connectivity index is 1.66. The van der Waals surface area contributed by atoms with Gasteiger partial charge in [-0.3, -0.25) is 0 Å². The van der Waals surface area contributed by atoms with Crippen molar-refractivity contribution in [3.63, 3.8) is 0 Å². The highest BCUT2D eigenvalue weighted by molar-refractivity contribution is 4.85. The summed E-state index contributed by atoms with van der Waals surface area (Å²) in [5, 5.41) is 0. The van der Waals surface area contributed by atoms with Crippen LogP contribution in [0.2, 0.25) is 0 Å².